The summed E-state index contributed by atoms with van der Waals surface area (Å²) in [6.45, 7) is 3.30. The number of carbonyl (C=O) groups excluding carboxylic acids is 1. The summed E-state index contributed by atoms with van der Waals surface area (Å²) in [6.07, 6.45) is 1.96. The highest BCUT2D eigenvalue weighted by Gasteiger charge is 2.14. The van der Waals surface area contributed by atoms with Crippen molar-refractivity contribution in [2.45, 2.75) is 6.42 Å². The van der Waals surface area contributed by atoms with Crippen molar-refractivity contribution in [1.29, 1.82) is 0 Å². The van der Waals surface area contributed by atoms with Crippen molar-refractivity contribution < 1.29 is 13.9 Å². The molecule has 5 nitrogen and oxygen atoms in total. The molecule has 5 rings (SSSR count). The second kappa shape index (κ2) is 7.60. The minimum atomic E-state index is -0.0558. The van der Waals surface area contributed by atoms with Crippen molar-refractivity contribution in [3.8, 4) is 0 Å². The third-order valence-corrected chi connectivity index (χ3v) is 5.42. The van der Waals surface area contributed by atoms with Crippen molar-refractivity contribution in [2.24, 2.45) is 0 Å². The van der Waals surface area contributed by atoms with E-state index in [1.807, 2.05) is 48.5 Å². The molecular formula is C24H22N2O3. The Kier molecular flexibility index (Phi) is 4.66. The molecule has 0 unspecified atom stereocenters. The fourth-order valence-electron chi connectivity index (χ4n) is 3.96. The van der Waals surface area contributed by atoms with E-state index in [0.29, 0.717) is 0 Å². The van der Waals surface area contributed by atoms with Gasteiger partial charge in [0, 0.05) is 35.4 Å². The number of nitrogens with zero attached hydrogens (tertiary/aromatic N) is 1. The summed E-state index contributed by atoms with van der Waals surface area (Å²) in [5, 5.41) is 6.26. The van der Waals surface area contributed by atoms with Gasteiger partial charge >= 0.3 is 0 Å². The highest BCUT2D eigenvalue weighted by Crippen LogP contribution is 2.30. The molecule has 1 amide bonds. The largest absolute Gasteiger partial charge is 0.464 e. The van der Waals surface area contributed by atoms with Gasteiger partial charge in [-0.1, -0.05) is 30.3 Å². The molecule has 0 atom stereocenters. The van der Waals surface area contributed by atoms with E-state index in [1.165, 1.54) is 0 Å². The standard InChI is InChI=1S/C24H22N2O3/c27-23(25-19-6-8-20(9-7-19)26-11-13-28-14-12-26)15-18-16-29-22-10-5-17-3-1-2-4-21(17)24(18)22/h1-10,16H,11-15H2,(H,25,27). The number of anilines is 2. The van der Waals surface area contributed by atoms with E-state index in [-0.39, 0.29) is 12.3 Å². The number of hydrogen-bond donors (Lipinski definition) is 1. The highest BCUT2D eigenvalue weighted by atomic mass is 16.5. The van der Waals surface area contributed by atoms with Gasteiger partial charge in [0.1, 0.15) is 5.58 Å². The lowest BCUT2D eigenvalue weighted by Crippen LogP contribution is -2.36. The molecule has 2 heterocycles. The average molecular weight is 386 g/mol. The minimum Gasteiger partial charge on any atom is -0.464 e. The summed E-state index contributed by atoms with van der Waals surface area (Å²) < 4.78 is 11.1. The number of morpholine rings is 1. The Morgan fingerprint density at radius 2 is 1.76 bits per heavy atom. The molecule has 5 heteroatoms. The summed E-state index contributed by atoms with van der Waals surface area (Å²) in [6, 6.07) is 20.2. The van der Waals surface area contributed by atoms with Gasteiger partial charge in [-0.3, -0.25) is 4.79 Å². The van der Waals surface area contributed by atoms with Gasteiger partial charge < -0.3 is 19.4 Å². The number of amides is 1. The van der Waals surface area contributed by atoms with Crippen molar-refractivity contribution in [1.82, 2.24) is 0 Å². The number of carbonyl (C=O) groups is 1. The molecule has 0 bridgehead atoms. The predicted molar refractivity (Wildman–Crippen MR) is 116 cm³/mol. The van der Waals surface area contributed by atoms with Gasteiger partial charge in [0.2, 0.25) is 5.91 Å². The van der Waals surface area contributed by atoms with E-state index in [2.05, 4.69) is 22.3 Å². The Morgan fingerprint density at radius 1 is 0.966 bits per heavy atom. The van der Waals surface area contributed by atoms with E-state index in [4.69, 9.17) is 9.15 Å². The summed E-state index contributed by atoms with van der Waals surface area (Å²) in [5.41, 5.74) is 3.66. The topological polar surface area (TPSA) is 54.7 Å². The van der Waals surface area contributed by atoms with E-state index in [9.17, 15) is 4.79 Å². The molecule has 3 aromatic carbocycles. The normalized spacial score (nSPS) is 14.4. The van der Waals surface area contributed by atoms with Crippen LogP contribution in [0.4, 0.5) is 11.4 Å². The van der Waals surface area contributed by atoms with Crippen molar-refractivity contribution in [3.05, 3.63) is 72.5 Å². The third-order valence-electron chi connectivity index (χ3n) is 5.42. The first-order valence-electron chi connectivity index (χ1n) is 9.88. The van der Waals surface area contributed by atoms with Crippen LogP contribution in [-0.2, 0) is 16.0 Å². The average Bonchev–Trinajstić information content (AvgIpc) is 3.18. The van der Waals surface area contributed by atoms with Gasteiger partial charge in [0.25, 0.3) is 0 Å². The van der Waals surface area contributed by atoms with Gasteiger partial charge in [-0.2, -0.15) is 0 Å². The van der Waals surface area contributed by atoms with Crippen LogP contribution in [0.2, 0.25) is 0 Å². The molecule has 1 saturated heterocycles. The molecule has 146 valence electrons. The van der Waals surface area contributed by atoms with Crippen molar-refractivity contribution >= 4 is 39.0 Å². The van der Waals surface area contributed by atoms with Crippen LogP contribution in [0.5, 0.6) is 0 Å². The van der Waals surface area contributed by atoms with Crippen molar-refractivity contribution in [3.63, 3.8) is 0 Å². The van der Waals surface area contributed by atoms with E-state index in [0.717, 1.165) is 65.0 Å². The van der Waals surface area contributed by atoms with Gasteiger partial charge in [0.05, 0.1) is 25.9 Å². The highest BCUT2D eigenvalue weighted by molar-refractivity contribution is 6.09. The SMILES string of the molecule is O=C(Cc1coc2ccc3ccccc3c12)Nc1ccc(N2CCOCC2)cc1. The van der Waals surface area contributed by atoms with Gasteiger partial charge in [-0.05, 0) is 41.1 Å². The molecule has 0 radical (unpaired) electrons. The first-order chi connectivity index (χ1) is 14.3. The van der Waals surface area contributed by atoms with Crippen LogP contribution >= 0.6 is 0 Å². The lowest BCUT2D eigenvalue weighted by Gasteiger charge is -2.28. The van der Waals surface area contributed by atoms with Gasteiger partial charge in [0.15, 0.2) is 0 Å². The summed E-state index contributed by atoms with van der Waals surface area (Å²) >= 11 is 0. The van der Waals surface area contributed by atoms with Crippen LogP contribution in [0, 0.1) is 0 Å². The minimum absolute atomic E-state index is 0.0558. The molecule has 0 aliphatic carbocycles. The van der Waals surface area contributed by atoms with Crippen LogP contribution in [0.3, 0.4) is 0 Å². The zero-order valence-corrected chi connectivity index (χ0v) is 16.1. The maximum absolute atomic E-state index is 12.7. The third kappa shape index (κ3) is 3.57. The summed E-state index contributed by atoms with van der Waals surface area (Å²) in [4.78, 5) is 15.0. The van der Waals surface area contributed by atoms with Gasteiger partial charge in [-0.15, -0.1) is 0 Å². The van der Waals surface area contributed by atoms with E-state index >= 15 is 0 Å². The Balaban J connectivity index is 1.32. The molecule has 1 aromatic heterocycles. The number of hydrogen-bond acceptors (Lipinski definition) is 4. The van der Waals surface area contributed by atoms with Crippen LogP contribution in [-0.4, -0.2) is 32.2 Å². The number of ether oxygens (including phenoxy) is 1. The molecule has 1 fully saturated rings. The molecule has 1 aliphatic rings. The second-order valence-corrected chi connectivity index (χ2v) is 7.29. The molecule has 4 aromatic rings. The molecular weight excluding hydrogens is 364 g/mol. The molecule has 1 N–H and O–H groups in total. The Morgan fingerprint density at radius 3 is 2.59 bits per heavy atom. The van der Waals surface area contributed by atoms with E-state index in [1.54, 1.807) is 6.26 Å². The fraction of sp³-hybridized carbons (Fsp3) is 0.208. The fourth-order valence-corrected chi connectivity index (χ4v) is 3.96. The zero-order chi connectivity index (χ0) is 19.6. The van der Waals surface area contributed by atoms with Gasteiger partial charge in [-0.25, -0.2) is 0 Å². The Hall–Kier alpha value is -3.31. The number of benzene rings is 3. The first kappa shape index (κ1) is 17.8. The van der Waals surface area contributed by atoms with Crippen LogP contribution in [0.15, 0.2) is 71.3 Å². The summed E-state index contributed by atoms with van der Waals surface area (Å²) in [5.74, 6) is -0.0558. The predicted octanol–water partition coefficient (Wildman–Crippen LogP) is 4.60. The number of rotatable bonds is 4. The number of furan rings is 1. The molecule has 29 heavy (non-hydrogen) atoms. The first-order valence-corrected chi connectivity index (χ1v) is 9.88. The second-order valence-electron chi connectivity index (χ2n) is 7.29. The smallest absolute Gasteiger partial charge is 0.228 e. The number of fused-ring (bicyclic) bond motifs is 3. The Bertz CT molecular complexity index is 1160. The van der Waals surface area contributed by atoms with Crippen LogP contribution in [0.25, 0.3) is 21.7 Å². The molecule has 0 spiro atoms. The van der Waals surface area contributed by atoms with Crippen molar-refractivity contribution in [2.75, 3.05) is 36.5 Å². The number of nitrogens with one attached hydrogen (secondary N) is 1. The molecule has 0 saturated carbocycles. The monoisotopic (exact) mass is 386 g/mol. The molecule has 1 aliphatic heterocycles. The van der Waals surface area contributed by atoms with Crippen LogP contribution < -0.4 is 10.2 Å². The zero-order valence-electron chi connectivity index (χ0n) is 16.1. The Labute approximate surface area is 168 Å². The summed E-state index contributed by atoms with van der Waals surface area (Å²) in [7, 11) is 0. The van der Waals surface area contributed by atoms with Crippen LogP contribution in [0.1, 0.15) is 5.56 Å². The quantitative estimate of drug-likeness (QED) is 0.557. The van der Waals surface area contributed by atoms with E-state index < -0.39 is 0 Å². The maximum atomic E-state index is 12.7. The lowest BCUT2D eigenvalue weighted by atomic mass is 10.0. The lowest BCUT2D eigenvalue weighted by molar-refractivity contribution is -0.115. The maximum Gasteiger partial charge on any atom is 0.228 e.